The summed E-state index contributed by atoms with van der Waals surface area (Å²) in [6, 6.07) is 9.55. The standard InChI is InChI=1S/C17H19Cl2N3O2.C7H12N2O3/c1-3-15(24-17-14(19)8-12(18)10-22-17)16(23)21-9-11-5-4-6-13(7-11)20-2;10-5-8-6-3-9(4-6)2-1-7(11)12/h4-8,10,15,20H,3,9H2,1-2H3,(H,21,23);5-6H,1-4H2,(H,8,10)(H,11,12). The molecule has 1 aliphatic heterocycles. The summed E-state index contributed by atoms with van der Waals surface area (Å²) in [6.07, 6.45) is 2.09. The van der Waals surface area contributed by atoms with Gasteiger partial charge in [-0.2, -0.15) is 0 Å². The summed E-state index contributed by atoms with van der Waals surface area (Å²) in [4.78, 5) is 38.5. The van der Waals surface area contributed by atoms with Crippen molar-refractivity contribution in [3.63, 3.8) is 0 Å². The number of nitrogens with one attached hydrogen (secondary N) is 3. The fraction of sp³-hybridized carbons (Fsp3) is 0.417. The molecule has 0 radical (unpaired) electrons. The number of hydrogen-bond acceptors (Lipinski definition) is 7. The van der Waals surface area contributed by atoms with E-state index in [0.717, 1.165) is 24.3 Å². The van der Waals surface area contributed by atoms with Gasteiger partial charge in [0.25, 0.3) is 5.91 Å². The van der Waals surface area contributed by atoms with E-state index in [1.54, 1.807) is 0 Å². The normalized spacial score (nSPS) is 13.9. The van der Waals surface area contributed by atoms with Gasteiger partial charge in [-0.15, -0.1) is 0 Å². The van der Waals surface area contributed by atoms with Crippen molar-refractivity contribution in [3.05, 3.63) is 52.1 Å². The van der Waals surface area contributed by atoms with Gasteiger partial charge in [-0.1, -0.05) is 42.3 Å². The fourth-order valence-corrected chi connectivity index (χ4v) is 3.72. The molecule has 4 N–H and O–H groups in total. The van der Waals surface area contributed by atoms with Crippen LogP contribution < -0.4 is 20.7 Å². The summed E-state index contributed by atoms with van der Waals surface area (Å²) in [6.45, 7) is 4.39. The molecule has 0 aliphatic carbocycles. The summed E-state index contributed by atoms with van der Waals surface area (Å²) < 4.78 is 5.62. The number of pyridine rings is 1. The lowest BCUT2D eigenvalue weighted by atomic mass is 10.1. The van der Waals surface area contributed by atoms with Gasteiger partial charge in [0.2, 0.25) is 12.3 Å². The molecule has 0 bridgehead atoms. The molecule has 36 heavy (non-hydrogen) atoms. The number of halogens is 2. The third-order valence-corrected chi connectivity index (χ3v) is 5.75. The second kappa shape index (κ2) is 15.1. The number of carboxylic acid groups (broad SMARTS) is 1. The Morgan fingerprint density at radius 1 is 1.31 bits per heavy atom. The fourth-order valence-electron chi connectivity index (χ4n) is 3.29. The minimum Gasteiger partial charge on any atom is -0.481 e. The van der Waals surface area contributed by atoms with Crippen LogP contribution in [-0.4, -0.2) is 72.1 Å². The zero-order valence-corrected chi connectivity index (χ0v) is 21.7. The van der Waals surface area contributed by atoms with Crippen molar-refractivity contribution < 1.29 is 24.2 Å². The topological polar surface area (TPSA) is 133 Å². The van der Waals surface area contributed by atoms with E-state index in [1.807, 2.05) is 43.1 Å². The van der Waals surface area contributed by atoms with Crippen LogP contribution in [-0.2, 0) is 20.9 Å². The molecule has 2 amide bonds. The molecular weight excluding hydrogens is 509 g/mol. The van der Waals surface area contributed by atoms with E-state index in [4.69, 9.17) is 33.0 Å². The van der Waals surface area contributed by atoms with Crippen molar-refractivity contribution in [1.82, 2.24) is 20.5 Å². The van der Waals surface area contributed by atoms with E-state index in [0.29, 0.717) is 30.9 Å². The molecule has 1 saturated heterocycles. The number of amides is 2. The van der Waals surface area contributed by atoms with Crippen LogP contribution in [0.1, 0.15) is 25.3 Å². The molecule has 0 spiro atoms. The molecule has 2 aromatic rings. The number of ether oxygens (including phenoxy) is 1. The van der Waals surface area contributed by atoms with Gasteiger partial charge in [-0.25, -0.2) is 4.98 Å². The maximum Gasteiger partial charge on any atom is 0.304 e. The van der Waals surface area contributed by atoms with Crippen LogP contribution in [0.25, 0.3) is 0 Å². The Balaban J connectivity index is 0.000000319. The predicted octanol–water partition coefficient (Wildman–Crippen LogP) is 2.80. The first-order chi connectivity index (χ1) is 17.2. The summed E-state index contributed by atoms with van der Waals surface area (Å²) in [5, 5.41) is 17.6. The number of hydrogen-bond donors (Lipinski definition) is 4. The van der Waals surface area contributed by atoms with E-state index in [2.05, 4.69) is 20.9 Å². The zero-order chi connectivity index (χ0) is 26.5. The number of likely N-dealkylation sites (tertiary alicyclic amines) is 1. The Bertz CT molecular complexity index is 1020. The number of rotatable bonds is 12. The van der Waals surface area contributed by atoms with Crippen molar-refractivity contribution in [2.24, 2.45) is 0 Å². The lowest BCUT2D eigenvalue weighted by Crippen LogP contribution is -2.57. The van der Waals surface area contributed by atoms with Gasteiger partial charge in [0.1, 0.15) is 5.02 Å². The number of nitrogens with zero attached hydrogens (tertiary/aromatic N) is 2. The summed E-state index contributed by atoms with van der Waals surface area (Å²) >= 11 is 11.8. The van der Waals surface area contributed by atoms with Crippen molar-refractivity contribution in [1.29, 1.82) is 0 Å². The van der Waals surface area contributed by atoms with Crippen LogP contribution in [0.3, 0.4) is 0 Å². The molecule has 1 atom stereocenters. The average molecular weight is 540 g/mol. The highest BCUT2D eigenvalue weighted by atomic mass is 35.5. The molecule has 1 aromatic carbocycles. The van der Waals surface area contributed by atoms with Crippen molar-refractivity contribution in [3.8, 4) is 5.88 Å². The second-order valence-corrected chi connectivity index (χ2v) is 8.85. The smallest absolute Gasteiger partial charge is 0.304 e. The molecule has 1 fully saturated rings. The third-order valence-electron chi connectivity index (χ3n) is 5.28. The molecule has 3 rings (SSSR count). The monoisotopic (exact) mass is 539 g/mol. The van der Waals surface area contributed by atoms with Crippen LogP contribution in [0.15, 0.2) is 36.5 Å². The summed E-state index contributed by atoms with van der Waals surface area (Å²) in [5.74, 6) is -0.803. The molecule has 10 nitrogen and oxygen atoms in total. The third kappa shape index (κ3) is 9.88. The lowest BCUT2D eigenvalue weighted by Gasteiger charge is -2.38. The van der Waals surface area contributed by atoms with Gasteiger partial charge in [-0.3, -0.25) is 19.3 Å². The quantitative estimate of drug-likeness (QED) is 0.302. The van der Waals surface area contributed by atoms with Crippen molar-refractivity contribution >= 4 is 47.2 Å². The number of carbonyl (C=O) groups is 3. The van der Waals surface area contributed by atoms with Crippen LogP contribution >= 0.6 is 23.2 Å². The Hall–Kier alpha value is -3.08. The predicted molar refractivity (Wildman–Crippen MR) is 138 cm³/mol. The number of aliphatic carboxylic acids is 1. The molecule has 196 valence electrons. The highest BCUT2D eigenvalue weighted by Gasteiger charge is 2.25. The molecule has 1 aliphatic rings. The van der Waals surface area contributed by atoms with Crippen LogP contribution in [0.4, 0.5) is 5.69 Å². The van der Waals surface area contributed by atoms with Gasteiger partial charge in [-0.05, 0) is 30.2 Å². The van der Waals surface area contributed by atoms with Crippen LogP contribution in [0, 0.1) is 0 Å². The van der Waals surface area contributed by atoms with Gasteiger partial charge < -0.3 is 25.8 Å². The number of benzene rings is 1. The molecule has 12 heteroatoms. The summed E-state index contributed by atoms with van der Waals surface area (Å²) in [7, 11) is 1.85. The van der Waals surface area contributed by atoms with E-state index >= 15 is 0 Å². The van der Waals surface area contributed by atoms with E-state index in [1.165, 1.54) is 12.3 Å². The first kappa shape index (κ1) is 29.2. The first-order valence-electron chi connectivity index (χ1n) is 11.4. The van der Waals surface area contributed by atoms with Gasteiger partial charge in [0.15, 0.2) is 6.10 Å². The minimum atomic E-state index is -0.776. The lowest BCUT2D eigenvalue weighted by molar-refractivity contribution is -0.137. The molecular formula is C24H31Cl2N5O5. The first-order valence-corrected chi connectivity index (χ1v) is 12.2. The van der Waals surface area contributed by atoms with Crippen molar-refractivity contribution in [2.45, 2.75) is 38.5 Å². The van der Waals surface area contributed by atoms with E-state index in [-0.39, 0.29) is 29.3 Å². The minimum absolute atomic E-state index is 0.174. The Kier molecular flexibility index (Phi) is 12.2. The highest BCUT2D eigenvalue weighted by molar-refractivity contribution is 6.35. The second-order valence-electron chi connectivity index (χ2n) is 8.01. The molecule has 1 unspecified atom stereocenters. The summed E-state index contributed by atoms with van der Waals surface area (Å²) in [5.41, 5.74) is 1.98. The maximum atomic E-state index is 12.3. The Labute approximate surface area is 220 Å². The van der Waals surface area contributed by atoms with Gasteiger partial charge in [0, 0.05) is 45.1 Å². The molecule has 2 heterocycles. The van der Waals surface area contributed by atoms with Crippen molar-refractivity contribution in [2.75, 3.05) is 32.0 Å². The van der Waals surface area contributed by atoms with Crippen LogP contribution in [0.5, 0.6) is 5.88 Å². The molecule has 0 saturated carbocycles. The number of aromatic nitrogens is 1. The highest BCUT2D eigenvalue weighted by Crippen LogP contribution is 2.25. The Morgan fingerprint density at radius 2 is 2.06 bits per heavy atom. The Morgan fingerprint density at radius 3 is 2.67 bits per heavy atom. The van der Waals surface area contributed by atoms with Gasteiger partial charge >= 0.3 is 5.97 Å². The number of carbonyl (C=O) groups excluding carboxylic acids is 2. The van der Waals surface area contributed by atoms with Crippen LogP contribution in [0.2, 0.25) is 10.0 Å². The maximum absolute atomic E-state index is 12.3. The average Bonchev–Trinajstić information content (AvgIpc) is 2.83. The number of anilines is 1. The van der Waals surface area contributed by atoms with Gasteiger partial charge in [0.05, 0.1) is 17.5 Å². The SMILES string of the molecule is CCC(Oc1ncc(Cl)cc1Cl)C(=O)NCc1cccc(NC)c1.O=CNC1CN(CCC(=O)O)C1. The van der Waals surface area contributed by atoms with E-state index < -0.39 is 12.1 Å². The van der Waals surface area contributed by atoms with E-state index in [9.17, 15) is 14.4 Å². The largest absolute Gasteiger partial charge is 0.481 e. The zero-order valence-electron chi connectivity index (χ0n) is 20.2. The molecule has 1 aromatic heterocycles. The number of carboxylic acids is 1.